The second-order valence-electron chi connectivity index (χ2n) is 6.96. The van der Waals surface area contributed by atoms with Gasteiger partial charge in [-0.1, -0.05) is 12.1 Å². The number of hydrogen-bond donors (Lipinski definition) is 2. The Kier molecular flexibility index (Phi) is 6.66. The lowest BCUT2D eigenvalue weighted by molar-refractivity contribution is -0.116. The highest BCUT2D eigenvalue weighted by atomic mass is 16.5. The summed E-state index contributed by atoms with van der Waals surface area (Å²) in [6.45, 7) is 3.43. The lowest BCUT2D eigenvalue weighted by atomic mass is 10.1. The van der Waals surface area contributed by atoms with Crippen molar-refractivity contribution in [2.24, 2.45) is 0 Å². The van der Waals surface area contributed by atoms with E-state index in [1.807, 2.05) is 25.1 Å². The Morgan fingerprint density at radius 1 is 1.14 bits per heavy atom. The van der Waals surface area contributed by atoms with Crippen LogP contribution < -0.4 is 10.1 Å². The summed E-state index contributed by atoms with van der Waals surface area (Å²) in [5.74, 6) is -0.202. The van der Waals surface area contributed by atoms with Crippen molar-refractivity contribution < 1.29 is 24.2 Å². The fraction of sp³-hybridized carbons (Fsp3) is 0.364. The average Bonchev–Trinajstić information content (AvgIpc) is 2.69. The van der Waals surface area contributed by atoms with E-state index in [4.69, 9.17) is 14.6 Å². The largest absolute Gasteiger partial charge is 0.490 e. The number of aryl methyl sites for hydroxylation is 2. The van der Waals surface area contributed by atoms with Crippen molar-refractivity contribution in [3.05, 3.63) is 59.2 Å². The highest BCUT2D eigenvalue weighted by Gasteiger charge is 2.16. The topological polar surface area (TPSA) is 84.9 Å². The van der Waals surface area contributed by atoms with E-state index in [0.717, 1.165) is 48.6 Å². The number of carbonyl (C=O) groups is 2. The van der Waals surface area contributed by atoms with Crippen LogP contribution in [0.15, 0.2) is 42.5 Å². The van der Waals surface area contributed by atoms with Crippen molar-refractivity contribution in [3.8, 4) is 5.75 Å². The fourth-order valence-corrected chi connectivity index (χ4v) is 3.13. The molecule has 6 heteroatoms. The number of aromatic carboxylic acids is 1. The predicted molar refractivity (Wildman–Crippen MR) is 106 cm³/mol. The van der Waals surface area contributed by atoms with Gasteiger partial charge in [0.1, 0.15) is 11.9 Å². The maximum atomic E-state index is 12.2. The number of amides is 1. The van der Waals surface area contributed by atoms with Crippen LogP contribution in [0, 0.1) is 6.92 Å². The van der Waals surface area contributed by atoms with E-state index >= 15 is 0 Å². The maximum absolute atomic E-state index is 12.2. The number of anilines is 1. The zero-order chi connectivity index (χ0) is 19.9. The Hall–Kier alpha value is -2.86. The number of ether oxygens (including phenoxy) is 2. The molecule has 1 aliphatic heterocycles. The van der Waals surface area contributed by atoms with E-state index in [2.05, 4.69) is 5.32 Å². The van der Waals surface area contributed by atoms with Crippen molar-refractivity contribution in [2.45, 2.75) is 38.7 Å². The summed E-state index contributed by atoms with van der Waals surface area (Å²) in [5, 5.41) is 11.8. The van der Waals surface area contributed by atoms with Gasteiger partial charge in [-0.05, 0) is 54.8 Å². The molecule has 6 nitrogen and oxygen atoms in total. The zero-order valence-corrected chi connectivity index (χ0v) is 15.9. The van der Waals surface area contributed by atoms with E-state index < -0.39 is 5.97 Å². The van der Waals surface area contributed by atoms with Crippen LogP contribution in [-0.2, 0) is 16.0 Å². The van der Waals surface area contributed by atoms with Crippen molar-refractivity contribution >= 4 is 17.6 Å². The number of carboxylic acids is 1. The lowest BCUT2D eigenvalue weighted by Crippen LogP contribution is -2.26. The van der Waals surface area contributed by atoms with Gasteiger partial charge < -0.3 is 19.9 Å². The Bertz CT molecular complexity index is 825. The molecule has 1 heterocycles. The number of nitrogens with one attached hydrogen (secondary N) is 1. The minimum atomic E-state index is -0.955. The molecule has 0 unspecified atom stereocenters. The highest BCUT2D eigenvalue weighted by Crippen LogP contribution is 2.25. The highest BCUT2D eigenvalue weighted by molar-refractivity contribution is 5.91. The first-order valence-electron chi connectivity index (χ1n) is 9.48. The molecule has 0 bridgehead atoms. The summed E-state index contributed by atoms with van der Waals surface area (Å²) in [4.78, 5) is 23.1. The number of carbonyl (C=O) groups excluding carboxylic acids is 1. The molecular formula is C22H25NO5. The van der Waals surface area contributed by atoms with E-state index in [9.17, 15) is 9.59 Å². The van der Waals surface area contributed by atoms with Gasteiger partial charge in [-0.25, -0.2) is 4.79 Å². The summed E-state index contributed by atoms with van der Waals surface area (Å²) >= 11 is 0. The Morgan fingerprint density at radius 3 is 2.50 bits per heavy atom. The molecule has 1 amide bonds. The first-order chi connectivity index (χ1) is 13.5. The van der Waals surface area contributed by atoms with Crippen LogP contribution in [0.1, 0.15) is 40.7 Å². The van der Waals surface area contributed by atoms with E-state index in [0.29, 0.717) is 12.8 Å². The van der Waals surface area contributed by atoms with Crippen LogP contribution in [0.5, 0.6) is 5.75 Å². The SMILES string of the molecule is Cc1cc(NC(=O)CCc2ccc(C(=O)O)cc2)ccc1OC1CCOCC1. The Morgan fingerprint density at radius 2 is 1.86 bits per heavy atom. The molecule has 1 fully saturated rings. The molecule has 2 N–H and O–H groups in total. The third-order valence-electron chi connectivity index (χ3n) is 4.76. The molecular weight excluding hydrogens is 358 g/mol. The third kappa shape index (κ3) is 5.57. The summed E-state index contributed by atoms with van der Waals surface area (Å²) < 4.78 is 11.4. The Labute approximate surface area is 164 Å². The van der Waals surface area contributed by atoms with E-state index in [1.165, 1.54) is 0 Å². The minimum absolute atomic E-state index is 0.0835. The van der Waals surface area contributed by atoms with E-state index in [1.54, 1.807) is 24.3 Å². The first-order valence-corrected chi connectivity index (χ1v) is 9.48. The van der Waals surface area contributed by atoms with Gasteiger partial charge in [-0.3, -0.25) is 4.79 Å². The van der Waals surface area contributed by atoms with E-state index in [-0.39, 0.29) is 17.6 Å². The fourth-order valence-electron chi connectivity index (χ4n) is 3.13. The second kappa shape index (κ2) is 9.37. The number of carboxylic acid groups (broad SMARTS) is 1. The molecule has 0 saturated carbocycles. The van der Waals surface area contributed by atoms with Gasteiger partial charge in [0.25, 0.3) is 0 Å². The van der Waals surface area contributed by atoms with Crippen LogP contribution in [0.4, 0.5) is 5.69 Å². The molecule has 3 rings (SSSR count). The maximum Gasteiger partial charge on any atom is 0.335 e. The van der Waals surface area contributed by atoms with Gasteiger partial charge in [-0.2, -0.15) is 0 Å². The molecule has 1 aliphatic rings. The first kappa shape index (κ1) is 19.9. The van der Waals surface area contributed by atoms with Crippen molar-refractivity contribution in [1.82, 2.24) is 0 Å². The smallest absolute Gasteiger partial charge is 0.335 e. The van der Waals surface area contributed by atoms with Crippen LogP contribution in [0.2, 0.25) is 0 Å². The zero-order valence-electron chi connectivity index (χ0n) is 15.9. The van der Waals surface area contributed by atoms with Gasteiger partial charge in [0.15, 0.2) is 0 Å². The normalized spacial score (nSPS) is 14.5. The molecule has 0 atom stereocenters. The third-order valence-corrected chi connectivity index (χ3v) is 4.76. The molecule has 0 aromatic heterocycles. The second-order valence-corrected chi connectivity index (χ2v) is 6.96. The number of hydrogen-bond acceptors (Lipinski definition) is 4. The van der Waals surface area contributed by atoms with Crippen LogP contribution in [0.3, 0.4) is 0 Å². The quantitative estimate of drug-likeness (QED) is 0.759. The molecule has 2 aromatic carbocycles. The van der Waals surface area contributed by atoms with Crippen LogP contribution in [-0.4, -0.2) is 36.3 Å². The van der Waals surface area contributed by atoms with Crippen molar-refractivity contribution in [1.29, 1.82) is 0 Å². The molecule has 2 aromatic rings. The van der Waals surface area contributed by atoms with Gasteiger partial charge in [-0.15, -0.1) is 0 Å². The molecule has 1 saturated heterocycles. The standard InChI is InChI=1S/C22H25NO5/c1-15-14-18(7-8-20(15)28-19-10-12-27-13-11-19)23-21(24)9-4-16-2-5-17(6-3-16)22(25)26/h2-3,5-8,14,19H,4,9-13H2,1H3,(H,23,24)(H,25,26). The predicted octanol–water partition coefficient (Wildman–Crippen LogP) is 3.82. The molecule has 0 radical (unpaired) electrons. The number of rotatable bonds is 7. The van der Waals surface area contributed by atoms with Gasteiger partial charge >= 0.3 is 5.97 Å². The van der Waals surface area contributed by atoms with Crippen molar-refractivity contribution in [2.75, 3.05) is 18.5 Å². The lowest BCUT2D eigenvalue weighted by Gasteiger charge is -2.24. The Balaban J connectivity index is 1.50. The number of benzene rings is 2. The summed E-state index contributed by atoms with van der Waals surface area (Å²) in [6, 6.07) is 12.2. The van der Waals surface area contributed by atoms with Crippen LogP contribution in [0.25, 0.3) is 0 Å². The molecule has 0 aliphatic carbocycles. The monoisotopic (exact) mass is 383 g/mol. The van der Waals surface area contributed by atoms with Gasteiger partial charge in [0.05, 0.1) is 18.8 Å². The summed E-state index contributed by atoms with van der Waals surface area (Å²) in [7, 11) is 0. The molecule has 28 heavy (non-hydrogen) atoms. The van der Waals surface area contributed by atoms with Gasteiger partial charge in [0, 0.05) is 24.9 Å². The minimum Gasteiger partial charge on any atom is -0.490 e. The van der Waals surface area contributed by atoms with Crippen molar-refractivity contribution in [3.63, 3.8) is 0 Å². The summed E-state index contributed by atoms with van der Waals surface area (Å²) in [6.07, 6.45) is 2.85. The molecule has 148 valence electrons. The average molecular weight is 383 g/mol. The molecule has 0 spiro atoms. The van der Waals surface area contributed by atoms with Gasteiger partial charge in [0.2, 0.25) is 5.91 Å². The van der Waals surface area contributed by atoms with Crippen LogP contribution >= 0.6 is 0 Å². The summed E-state index contributed by atoms with van der Waals surface area (Å²) in [5.41, 5.74) is 2.89.